The summed E-state index contributed by atoms with van der Waals surface area (Å²) in [7, 11) is 2.05. The van der Waals surface area contributed by atoms with Crippen LogP contribution in [0.2, 0.25) is 5.02 Å². The van der Waals surface area contributed by atoms with Crippen LogP contribution >= 0.6 is 11.6 Å². The Morgan fingerprint density at radius 1 is 1.17 bits per heavy atom. The fourth-order valence-corrected chi connectivity index (χ4v) is 4.06. The summed E-state index contributed by atoms with van der Waals surface area (Å²) in [5.74, 6) is 0. The second kappa shape index (κ2) is 7.43. The van der Waals surface area contributed by atoms with Crippen molar-refractivity contribution in [3.63, 3.8) is 0 Å². The second-order valence-electron chi connectivity index (χ2n) is 6.20. The zero-order chi connectivity index (χ0) is 16.1. The third-order valence-electron chi connectivity index (χ3n) is 4.97. The minimum absolute atomic E-state index is 0.120. The molecule has 0 aliphatic heterocycles. The van der Waals surface area contributed by atoms with Gasteiger partial charge in [-0.05, 0) is 43.7 Å². The largest absolute Gasteiger partial charge is 0.309 e. The van der Waals surface area contributed by atoms with Crippen LogP contribution in [0.1, 0.15) is 36.9 Å². The Labute approximate surface area is 143 Å². The molecule has 122 valence electrons. The van der Waals surface area contributed by atoms with Gasteiger partial charge in [-0.25, -0.2) is 0 Å². The van der Waals surface area contributed by atoms with Gasteiger partial charge in [-0.15, -0.1) is 0 Å². The highest BCUT2D eigenvalue weighted by Gasteiger charge is 2.41. The molecule has 2 aromatic rings. The molecule has 1 heterocycles. The first-order valence-electron chi connectivity index (χ1n) is 8.33. The van der Waals surface area contributed by atoms with E-state index >= 15 is 0 Å². The summed E-state index contributed by atoms with van der Waals surface area (Å²) in [6.45, 7) is 0.777. The average molecular weight is 330 g/mol. The molecule has 23 heavy (non-hydrogen) atoms. The van der Waals surface area contributed by atoms with Crippen LogP contribution in [0.5, 0.6) is 0 Å². The van der Waals surface area contributed by atoms with Gasteiger partial charge in [0.2, 0.25) is 0 Å². The van der Waals surface area contributed by atoms with Crippen LogP contribution in [-0.4, -0.2) is 18.1 Å². The van der Waals surface area contributed by atoms with E-state index in [1.54, 1.807) is 0 Å². The Hall–Kier alpha value is -1.42. The quantitative estimate of drug-likeness (QED) is 0.874. The van der Waals surface area contributed by atoms with E-state index < -0.39 is 0 Å². The molecule has 2 atom stereocenters. The molecule has 0 unspecified atom stereocenters. The van der Waals surface area contributed by atoms with Crippen LogP contribution in [0, 0.1) is 0 Å². The van der Waals surface area contributed by atoms with Crippen LogP contribution in [0.4, 0.5) is 0 Å². The molecule has 0 saturated heterocycles. The molecule has 0 bridgehead atoms. The molecule has 1 saturated carbocycles. The minimum atomic E-state index is -0.120. The Bertz CT molecular complexity index is 632. The van der Waals surface area contributed by atoms with E-state index in [9.17, 15) is 0 Å². The van der Waals surface area contributed by atoms with Crippen molar-refractivity contribution in [1.29, 1.82) is 0 Å². The van der Waals surface area contributed by atoms with E-state index in [4.69, 9.17) is 11.6 Å². The number of rotatable bonds is 5. The summed E-state index contributed by atoms with van der Waals surface area (Å²) in [5, 5.41) is 8.16. The standard InChI is InChI=1S/C19H24ClN3/c1-21-19(16-9-2-3-10-17(16)20)12-6-4-11-18(19)23-14-15-8-5-7-13-22-15/h2-3,5,7-10,13,18,21,23H,4,6,11-12,14H2,1H3/t18-,19+/m0/s1. The van der Waals surface area contributed by atoms with Crippen LogP contribution in [0.3, 0.4) is 0 Å². The molecule has 1 fully saturated rings. The van der Waals surface area contributed by atoms with Gasteiger partial charge in [-0.1, -0.05) is 48.7 Å². The Balaban J connectivity index is 1.85. The van der Waals surface area contributed by atoms with Crippen LogP contribution in [-0.2, 0) is 12.1 Å². The Morgan fingerprint density at radius 3 is 2.74 bits per heavy atom. The molecule has 0 radical (unpaired) electrons. The summed E-state index contributed by atoms with van der Waals surface area (Å²) in [6, 6.07) is 14.6. The lowest BCUT2D eigenvalue weighted by molar-refractivity contribution is 0.176. The van der Waals surface area contributed by atoms with Gasteiger partial charge in [0.1, 0.15) is 0 Å². The average Bonchev–Trinajstić information content (AvgIpc) is 2.61. The van der Waals surface area contributed by atoms with Crippen LogP contribution in [0.25, 0.3) is 0 Å². The highest BCUT2D eigenvalue weighted by atomic mass is 35.5. The van der Waals surface area contributed by atoms with Crippen molar-refractivity contribution in [3.8, 4) is 0 Å². The first kappa shape index (κ1) is 16.4. The van der Waals surface area contributed by atoms with Crippen molar-refractivity contribution in [2.75, 3.05) is 7.05 Å². The second-order valence-corrected chi connectivity index (χ2v) is 6.61. The molecule has 1 aromatic carbocycles. The van der Waals surface area contributed by atoms with Gasteiger partial charge in [0, 0.05) is 23.8 Å². The first-order valence-corrected chi connectivity index (χ1v) is 8.71. The molecule has 0 amide bonds. The Kier molecular flexibility index (Phi) is 5.31. The number of aromatic nitrogens is 1. The van der Waals surface area contributed by atoms with Crippen molar-refractivity contribution < 1.29 is 0 Å². The lowest BCUT2D eigenvalue weighted by atomic mass is 9.72. The number of nitrogens with zero attached hydrogens (tertiary/aromatic N) is 1. The molecular formula is C19H24ClN3. The lowest BCUT2D eigenvalue weighted by Crippen LogP contribution is -2.57. The fraction of sp³-hybridized carbons (Fsp3) is 0.421. The molecular weight excluding hydrogens is 306 g/mol. The highest BCUT2D eigenvalue weighted by molar-refractivity contribution is 6.31. The lowest BCUT2D eigenvalue weighted by Gasteiger charge is -2.45. The van der Waals surface area contributed by atoms with E-state index in [2.05, 4.69) is 33.8 Å². The number of likely N-dealkylation sites (N-methyl/N-ethyl adjacent to an activating group) is 1. The first-order chi connectivity index (χ1) is 11.3. The maximum Gasteiger partial charge on any atom is 0.0602 e. The minimum Gasteiger partial charge on any atom is -0.309 e. The number of pyridine rings is 1. The van der Waals surface area contributed by atoms with Crippen LogP contribution in [0.15, 0.2) is 48.7 Å². The number of halogens is 1. The monoisotopic (exact) mass is 329 g/mol. The third kappa shape index (κ3) is 3.42. The van der Waals surface area contributed by atoms with Gasteiger partial charge >= 0.3 is 0 Å². The normalized spacial score (nSPS) is 24.5. The van der Waals surface area contributed by atoms with E-state index in [1.165, 1.54) is 18.4 Å². The van der Waals surface area contributed by atoms with Gasteiger partial charge < -0.3 is 10.6 Å². The van der Waals surface area contributed by atoms with Crippen LogP contribution < -0.4 is 10.6 Å². The SMILES string of the molecule is CN[C@@]1(c2ccccc2Cl)CCCC[C@@H]1NCc1ccccn1. The highest BCUT2D eigenvalue weighted by Crippen LogP contribution is 2.40. The predicted molar refractivity (Wildman–Crippen MR) is 95.5 cm³/mol. The van der Waals surface area contributed by atoms with Crippen molar-refractivity contribution in [3.05, 3.63) is 64.9 Å². The maximum absolute atomic E-state index is 6.53. The Morgan fingerprint density at radius 2 is 2.00 bits per heavy atom. The molecule has 1 aliphatic rings. The van der Waals surface area contributed by atoms with Crippen molar-refractivity contribution >= 4 is 11.6 Å². The number of nitrogens with one attached hydrogen (secondary N) is 2. The summed E-state index contributed by atoms with van der Waals surface area (Å²) >= 11 is 6.53. The number of hydrogen-bond acceptors (Lipinski definition) is 3. The maximum atomic E-state index is 6.53. The zero-order valence-corrected chi connectivity index (χ0v) is 14.3. The fourth-order valence-electron chi connectivity index (χ4n) is 3.76. The molecule has 2 N–H and O–H groups in total. The van der Waals surface area contributed by atoms with Crippen molar-refractivity contribution in [1.82, 2.24) is 15.6 Å². The molecule has 4 heteroatoms. The molecule has 3 rings (SSSR count). The van der Waals surface area contributed by atoms with E-state index in [0.29, 0.717) is 6.04 Å². The van der Waals surface area contributed by atoms with Gasteiger partial charge in [-0.2, -0.15) is 0 Å². The van der Waals surface area contributed by atoms with Gasteiger partial charge in [0.05, 0.1) is 11.2 Å². The summed E-state index contributed by atoms with van der Waals surface area (Å²) in [6.07, 6.45) is 6.53. The number of benzene rings is 1. The van der Waals surface area contributed by atoms with E-state index in [1.807, 2.05) is 37.5 Å². The number of hydrogen-bond donors (Lipinski definition) is 2. The smallest absolute Gasteiger partial charge is 0.0602 e. The summed E-state index contributed by atoms with van der Waals surface area (Å²) < 4.78 is 0. The third-order valence-corrected chi connectivity index (χ3v) is 5.29. The predicted octanol–water partition coefficient (Wildman–Crippen LogP) is 3.88. The van der Waals surface area contributed by atoms with E-state index in [-0.39, 0.29) is 5.54 Å². The summed E-state index contributed by atoms with van der Waals surface area (Å²) in [5.41, 5.74) is 2.15. The molecule has 1 aliphatic carbocycles. The molecule has 0 spiro atoms. The zero-order valence-electron chi connectivity index (χ0n) is 13.6. The van der Waals surface area contributed by atoms with Gasteiger partial charge in [-0.3, -0.25) is 4.98 Å². The topological polar surface area (TPSA) is 37.0 Å². The van der Waals surface area contributed by atoms with Crippen molar-refractivity contribution in [2.24, 2.45) is 0 Å². The van der Waals surface area contributed by atoms with Gasteiger partial charge in [0.25, 0.3) is 0 Å². The molecule has 3 nitrogen and oxygen atoms in total. The van der Waals surface area contributed by atoms with Gasteiger partial charge in [0.15, 0.2) is 0 Å². The van der Waals surface area contributed by atoms with Crippen molar-refractivity contribution in [2.45, 2.75) is 43.8 Å². The summed E-state index contributed by atoms with van der Waals surface area (Å²) in [4.78, 5) is 4.42. The van der Waals surface area contributed by atoms with E-state index in [0.717, 1.165) is 30.1 Å². The molecule has 1 aromatic heterocycles.